The lowest BCUT2D eigenvalue weighted by molar-refractivity contribution is -0.121. The first-order valence-corrected chi connectivity index (χ1v) is 7.93. The van der Waals surface area contributed by atoms with Gasteiger partial charge in [-0.2, -0.15) is 0 Å². The maximum atomic E-state index is 14.0. The molecule has 1 aromatic carbocycles. The summed E-state index contributed by atoms with van der Waals surface area (Å²) < 4.78 is 24.0. The molecule has 1 aromatic heterocycles. The maximum Gasteiger partial charge on any atom is 0.341 e. The molecule has 0 radical (unpaired) electrons. The average Bonchev–Trinajstić information content (AvgIpc) is 3.21. The number of carbonyl (C=O) groups excluding carboxylic acids is 2. The fraction of sp³-hybridized carbons (Fsp3) is 0.333. The van der Waals surface area contributed by atoms with E-state index in [1.165, 1.54) is 30.4 Å². The highest BCUT2D eigenvalue weighted by Gasteiger charge is 2.36. The van der Waals surface area contributed by atoms with Crippen molar-refractivity contribution in [3.8, 4) is 0 Å². The number of furan rings is 1. The van der Waals surface area contributed by atoms with E-state index in [1.54, 1.807) is 30.1 Å². The SMILES string of the molecule is COC(=O)c1ccoc1CN(C)C1CCN(c2ccccc2F)C1=O. The number of hydrogen-bond acceptors (Lipinski definition) is 5. The molecule has 1 aliphatic heterocycles. The minimum absolute atomic E-state index is 0.168. The summed E-state index contributed by atoms with van der Waals surface area (Å²) >= 11 is 0. The number of anilines is 1. The number of nitrogens with zero attached hydrogens (tertiary/aromatic N) is 2. The van der Waals surface area contributed by atoms with Gasteiger partial charge in [0.05, 0.1) is 31.6 Å². The third-order valence-electron chi connectivity index (χ3n) is 4.40. The zero-order chi connectivity index (χ0) is 18.0. The Labute approximate surface area is 144 Å². The first kappa shape index (κ1) is 17.2. The summed E-state index contributed by atoms with van der Waals surface area (Å²) in [5.41, 5.74) is 0.627. The molecule has 2 heterocycles. The highest BCUT2D eigenvalue weighted by Crippen LogP contribution is 2.27. The van der Waals surface area contributed by atoms with Crippen LogP contribution in [0.25, 0.3) is 0 Å². The Morgan fingerprint density at radius 1 is 1.40 bits per heavy atom. The molecule has 0 aliphatic carbocycles. The molecular weight excluding hydrogens is 327 g/mol. The zero-order valence-corrected chi connectivity index (χ0v) is 14.1. The van der Waals surface area contributed by atoms with Crippen molar-refractivity contribution >= 4 is 17.6 Å². The monoisotopic (exact) mass is 346 g/mol. The van der Waals surface area contributed by atoms with Gasteiger partial charge in [0.25, 0.3) is 0 Å². The summed E-state index contributed by atoms with van der Waals surface area (Å²) in [6.45, 7) is 0.718. The lowest BCUT2D eigenvalue weighted by Gasteiger charge is -2.23. The van der Waals surface area contributed by atoms with Crippen molar-refractivity contribution in [1.82, 2.24) is 4.90 Å². The second-order valence-corrected chi connectivity index (χ2v) is 5.91. The maximum absolute atomic E-state index is 14.0. The number of likely N-dealkylation sites (N-methyl/N-ethyl adjacent to an activating group) is 1. The summed E-state index contributed by atoms with van der Waals surface area (Å²) in [6, 6.07) is 7.36. The first-order chi connectivity index (χ1) is 12.0. The Kier molecular flexibility index (Phi) is 4.85. The normalized spacial score (nSPS) is 17.4. The number of para-hydroxylation sites is 1. The molecule has 1 fully saturated rings. The molecule has 0 saturated carbocycles. The van der Waals surface area contributed by atoms with Gasteiger partial charge in [0.1, 0.15) is 17.1 Å². The average molecular weight is 346 g/mol. The number of benzene rings is 1. The molecule has 1 unspecified atom stereocenters. The van der Waals surface area contributed by atoms with Crippen molar-refractivity contribution < 1.29 is 23.1 Å². The van der Waals surface area contributed by atoms with Crippen molar-refractivity contribution in [2.24, 2.45) is 0 Å². The molecular formula is C18H19FN2O4. The van der Waals surface area contributed by atoms with Crippen molar-refractivity contribution in [2.45, 2.75) is 19.0 Å². The van der Waals surface area contributed by atoms with Gasteiger partial charge >= 0.3 is 5.97 Å². The van der Waals surface area contributed by atoms with E-state index < -0.39 is 17.8 Å². The second-order valence-electron chi connectivity index (χ2n) is 5.91. The molecule has 1 saturated heterocycles. The van der Waals surface area contributed by atoms with Gasteiger partial charge in [-0.05, 0) is 31.7 Å². The molecule has 1 aliphatic rings. The van der Waals surface area contributed by atoms with E-state index in [2.05, 4.69) is 0 Å². The summed E-state index contributed by atoms with van der Waals surface area (Å²) in [4.78, 5) is 27.7. The largest absolute Gasteiger partial charge is 0.467 e. The van der Waals surface area contributed by atoms with E-state index in [-0.39, 0.29) is 18.1 Å². The van der Waals surface area contributed by atoms with Crippen LogP contribution in [0, 0.1) is 5.82 Å². The van der Waals surface area contributed by atoms with Gasteiger partial charge in [-0.15, -0.1) is 0 Å². The second kappa shape index (κ2) is 7.06. The molecule has 132 valence electrons. The van der Waals surface area contributed by atoms with Gasteiger partial charge in [-0.25, -0.2) is 9.18 Å². The van der Waals surface area contributed by atoms with Gasteiger partial charge in [-0.1, -0.05) is 12.1 Å². The topological polar surface area (TPSA) is 63.0 Å². The number of ether oxygens (including phenoxy) is 1. The number of halogens is 1. The standard InChI is InChI=1S/C18H19FN2O4/c1-20(11-16-12(8-10-25-16)18(23)24-2)15-7-9-21(17(15)22)14-6-4-3-5-13(14)19/h3-6,8,10,15H,7,9,11H2,1-2H3. The van der Waals surface area contributed by atoms with Crippen LogP contribution in [0.2, 0.25) is 0 Å². The molecule has 0 N–H and O–H groups in total. The Hall–Kier alpha value is -2.67. The Balaban J connectivity index is 1.73. The van der Waals surface area contributed by atoms with Crippen molar-refractivity contribution in [3.05, 3.63) is 53.7 Å². The number of methoxy groups -OCH3 is 1. The van der Waals surface area contributed by atoms with E-state index in [0.717, 1.165) is 0 Å². The fourth-order valence-electron chi connectivity index (χ4n) is 3.08. The lowest BCUT2D eigenvalue weighted by atomic mass is 10.2. The molecule has 2 aromatic rings. The van der Waals surface area contributed by atoms with Gasteiger partial charge in [0, 0.05) is 6.54 Å². The molecule has 3 rings (SSSR count). The lowest BCUT2D eigenvalue weighted by Crippen LogP contribution is -2.39. The number of esters is 1. The Bertz CT molecular complexity index is 789. The number of amides is 1. The van der Waals surface area contributed by atoms with Crippen LogP contribution in [0.5, 0.6) is 0 Å². The predicted octanol–water partition coefficient (Wildman–Crippen LogP) is 2.44. The minimum atomic E-state index is -0.483. The predicted molar refractivity (Wildman–Crippen MR) is 88.7 cm³/mol. The minimum Gasteiger partial charge on any atom is -0.467 e. The van der Waals surface area contributed by atoms with Crippen LogP contribution < -0.4 is 4.90 Å². The molecule has 1 atom stereocenters. The Morgan fingerprint density at radius 2 is 2.16 bits per heavy atom. The van der Waals surface area contributed by atoms with Crippen LogP contribution in [-0.4, -0.2) is 43.5 Å². The molecule has 6 nitrogen and oxygen atoms in total. The van der Waals surface area contributed by atoms with Crippen LogP contribution in [0.1, 0.15) is 22.5 Å². The number of rotatable bonds is 5. The third kappa shape index (κ3) is 3.28. The van der Waals surface area contributed by atoms with Crippen molar-refractivity contribution in [2.75, 3.05) is 25.6 Å². The third-order valence-corrected chi connectivity index (χ3v) is 4.40. The van der Waals surface area contributed by atoms with Gasteiger partial charge in [0.15, 0.2) is 0 Å². The van der Waals surface area contributed by atoms with Crippen LogP contribution in [0.3, 0.4) is 0 Å². The summed E-state index contributed by atoms with van der Waals surface area (Å²) in [6.07, 6.45) is 1.98. The highest BCUT2D eigenvalue weighted by molar-refractivity contribution is 5.99. The quantitative estimate of drug-likeness (QED) is 0.778. The van der Waals surface area contributed by atoms with Crippen molar-refractivity contribution in [3.63, 3.8) is 0 Å². The van der Waals surface area contributed by atoms with Crippen LogP contribution in [0.15, 0.2) is 41.0 Å². The number of hydrogen-bond donors (Lipinski definition) is 0. The van der Waals surface area contributed by atoms with Crippen LogP contribution >= 0.6 is 0 Å². The van der Waals surface area contributed by atoms with Gasteiger partial charge in [0.2, 0.25) is 5.91 Å². The fourth-order valence-corrected chi connectivity index (χ4v) is 3.08. The van der Waals surface area contributed by atoms with E-state index in [4.69, 9.17) is 9.15 Å². The van der Waals surface area contributed by atoms with E-state index in [9.17, 15) is 14.0 Å². The molecule has 0 bridgehead atoms. The Morgan fingerprint density at radius 3 is 2.88 bits per heavy atom. The van der Waals surface area contributed by atoms with Crippen molar-refractivity contribution in [1.29, 1.82) is 0 Å². The van der Waals surface area contributed by atoms with Gasteiger partial charge in [-0.3, -0.25) is 9.69 Å². The molecule has 7 heteroatoms. The first-order valence-electron chi connectivity index (χ1n) is 7.93. The zero-order valence-electron chi connectivity index (χ0n) is 14.1. The smallest absolute Gasteiger partial charge is 0.341 e. The molecule has 1 amide bonds. The highest BCUT2D eigenvalue weighted by atomic mass is 19.1. The van der Waals surface area contributed by atoms with Crippen LogP contribution in [0.4, 0.5) is 10.1 Å². The van der Waals surface area contributed by atoms with Gasteiger partial charge < -0.3 is 14.1 Å². The molecule has 25 heavy (non-hydrogen) atoms. The summed E-state index contributed by atoms with van der Waals surface area (Å²) in [5, 5.41) is 0. The summed E-state index contributed by atoms with van der Waals surface area (Å²) in [5.74, 6) is -0.633. The van der Waals surface area contributed by atoms with E-state index >= 15 is 0 Å². The van der Waals surface area contributed by atoms with E-state index in [0.29, 0.717) is 24.3 Å². The summed E-state index contributed by atoms with van der Waals surface area (Å²) in [7, 11) is 3.08. The van der Waals surface area contributed by atoms with Crippen LogP contribution in [-0.2, 0) is 16.1 Å². The molecule has 0 spiro atoms. The number of carbonyl (C=O) groups is 2. The van der Waals surface area contributed by atoms with E-state index in [1.807, 2.05) is 0 Å².